The van der Waals surface area contributed by atoms with Crippen LogP contribution in [-0.2, 0) is 11.0 Å². The largest absolute Gasteiger partial charge is 0.383 e. The maximum atomic E-state index is 12.2. The Morgan fingerprint density at radius 3 is 2.33 bits per heavy atom. The Bertz CT molecular complexity index is 904. The molecule has 0 aliphatic heterocycles. The maximum Gasteiger partial charge on any atom is 0.319 e. The summed E-state index contributed by atoms with van der Waals surface area (Å²) in [5, 5.41) is 17.5. The quantitative estimate of drug-likeness (QED) is 0.579. The first-order valence-corrected chi connectivity index (χ1v) is 9.84. The molecule has 1 aromatic heterocycles. The summed E-state index contributed by atoms with van der Waals surface area (Å²) in [6.07, 6.45) is 0. The second-order valence-electron chi connectivity index (χ2n) is 8.06. The maximum absolute atomic E-state index is 12.2. The van der Waals surface area contributed by atoms with E-state index in [9.17, 15) is 9.90 Å². The zero-order valence-electron chi connectivity index (χ0n) is 16.2. The highest BCUT2D eigenvalue weighted by Crippen LogP contribution is 2.32. The summed E-state index contributed by atoms with van der Waals surface area (Å²) in [6.45, 7) is 8.30. The first-order valence-electron chi connectivity index (χ1n) is 9.02. The third-order valence-electron chi connectivity index (χ3n) is 4.56. The molecule has 0 saturated carbocycles. The number of aliphatic hydroxyl groups is 1. The van der Waals surface area contributed by atoms with E-state index in [0.29, 0.717) is 0 Å². The predicted molar refractivity (Wildman–Crippen MR) is 114 cm³/mol. The molecule has 0 spiro atoms. The van der Waals surface area contributed by atoms with Gasteiger partial charge in [0, 0.05) is 15.3 Å². The molecule has 0 aliphatic carbocycles. The number of amides is 2. The summed E-state index contributed by atoms with van der Waals surface area (Å²) >= 11 is 1.54. The van der Waals surface area contributed by atoms with Crippen LogP contribution in [-0.4, -0.2) is 17.7 Å². The fraction of sp³-hybridized carbons (Fsp3) is 0.318. The van der Waals surface area contributed by atoms with E-state index in [2.05, 4.69) is 31.4 Å². The molecule has 0 bridgehead atoms. The van der Waals surface area contributed by atoms with Crippen LogP contribution in [0.15, 0.2) is 54.6 Å². The van der Waals surface area contributed by atoms with Gasteiger partial charge in [-0.1, -0.05) is 51.1 Å². The van der Waals surface area contributed by atoms with Gasteiger partial charge in [-0.2, -0.15) is 0 Å². The Morgan fingerprint density at radius 2 is 1.70 bits per heavy atom. The summed E-state index contributed by atoms with van der Waals surface area (Å²) < 4.78 is 1.12. The van der Waals surface area contributed by atoms with E-state index in [1.54, 1.807) is 18.3 Å². The van der Waals surface area contributed by atoms with Gasteiger partial charge < -0.3 is 15.7 Å². The van der Waals surface area contributed by atoms with Crippen LogP contribution in [0.5, 0.6) is 0 Å². The SMILES string of the molecule is CC(C)(C)c1ccc(NC(=O)NCC(C)(O)c2cc3ccccc3s2)cc1. The van der Waals surface area contributed by atoms with E-state index >= 15 is 0 Å². The van der Waals surface area contributed by atoms with Crippen molar-refractivity contribution < 1.29 is 9.90 Å². The minimum Gasteiger partial charge on any atom is -0.383 e. The number of benzene rings is 2. The van der Waals surface area contributed by atoms with Crippen LogP contribution < -0.4 is 10.6 Å². The van der Waals surface area contributed by atoms with Crippen molar-refractivity contribution >= 4 is 33.1 Å². The van der Waals surface area contributed by atoms with Gasteiger partial charge in [-0.3, -0.25) is 0 Å². The molecular formula is C22H26N2O2S. The molecule has 3 rings (SSSR count). The molecular weight excluding hydrogens is 356 g/mol. The van der Waals surface area contributed by atoms with Crippen LogP contribution in [0.25, 0.3) is 10.1 Å². The van der Waals surface area contributed by atoms with E-state index in [0.717, 1.165) is 20.7 Å². The molecule has 1 heterocycles. The van der Waals surface area contributed by atoms with Crippen molar-refractivity contribution in [3.05, 3.63) is 65.0 Å². The molecule has 3 aromatic rings. The number of hydrogen-bond donors (Lipinski definition) is 3. The molecule has 142 valence electrons. The van der Waals surface area contributed by atoms with Crippen LogP contribution in [0, 0.1) is 0 Å². The fourth-order valence-corrected chi connectivity index (χ4v) is 3.92. The van der Waals surface area contributed by atoms with Crippen molar-refractivity contribution in [1.29, 1.82) is 0 Å². The molecule has 1 unspecified atom stereocenters. The summed E-state index contributed by atoms with van der Waals surface area (Å²) in [6, 6.07) is 17.5. The minimum atomic E-state index is -1.13. The molecule has 1 atom stereocenters. The highest BCUT2D eigenvalue weighted by atomic mass is 32.1. The van der Waals surface area contributed by atoms with Gasteiger partial charge in [-0.15, -0.1) is 11.3 Å². The monoisotopic (exact) mass is 382 g/mol. The summed E-state index contributed by atoms with van der Waals surface area (Å²) in [5.41, 5.74) is 0.879. The zero-order chi connectivity index (χ0) is 19.7. The van der Waals surface area contributed by atoms with Crippen molar-refractivity contribution in [2.75, 3.05) is 11.9 Å². The first-order chi connectivity index (χ1) is 12.6. The lowest BCUT2D eigenvalue weighted by Gasteiger charge is -2.22. The molecule has 0 fully saturated rings. The number of fused-ring (bicyclic) bond motifs is 1. The molecule has 27 heavy (non-hydrogen) atoms. The lowest BCUT2D eigenvalue weighted by atomic mass is 9.87. The lowest BCUT2D eigenvalue weighted by Crippen LogP contribution is -2.40. The second-order valence-corrected chi connectivity index (χ2v) is 9.14. The number of hydrogen-bond acceptors (Lipinski definition) is 3. The smallest absolute Gasteiger partial charge is 0.319 e. The number of urea groups is 1. The predicted octanol–water partition coefficient (Wildman–Crippen LogP) is 5.23. The van der Waals surface area contributed by atoms with Gasteiger partial charge in [0.1, 0.15) is 5.60 Å². The van der Waals surface area contributed by atoms with Gasteiger partial charge in [-0.25, -0.2) is 4.79 Å². The molecule has 5 heteroatoms. The van der Waals surface area contributed by atoms with Gasteiger partial charge in [0.2, 0.25) is 0 Å². The highest BCUT2D eigenvalue weighted by Gasteiger charge is 2.26. The number of anilines is 1. The van der Waals surface area contributed by atoms with Gasteiger partial charge in [0.15, 0.2) is 0 Å². The van der Waals surface area contributed by atoms with Gasteiger partial charge in [0.05, 0.1) is 6.54 Å². The van der Waals surface area contributed by atoms with E-state index in [4.69, 9.17) is 0 Å². The molecule has 2 amide bonds. The normalized spacial score (nSPS) is 14.0. The number of carbonyl (C=O) groups is 1. The zero-order valence-corrected chi connectivity index (χ0v) is 17.0. The van der Waals surface area contributed by atoms with Crippen LogP contribution >= 0.6 is 11.3 Å². The first kappa shape index (κ1) is 19.4. The lowest BCUT2D eigenvalue weighted by molar-refractivity contribution is 0.0638. The van der Waals surface area contributed by atoms with Crippen molar-refractivity contribution in [3.8, 4) is 0 Å². The van der Waals surface area contributed by atoms with E-state index in [1.165, 1.54) is 5.56 Å². The standard InChI is InChI=1S/C22H26N2O2S/c1-21(2,3)16-9-11-17(12-10-16)24-20(25)23-14-22(4,26)19-13-15-7-5-6-8-18(15)27-19/h5-13,26H,14H2,1-4H3,(H2,23,24,25). The average Bonchev–Trinajstić information content (AvgIpc) is 3.05. The van der Waals surface area contributed by atoms with Gasteiger partial charge >= 0.3 is 6.03 Å². The minimum absolute atomic E-state index is 0.0732. The number of rotatable bonds is 4. The van der Waals surface area contributed by atoms with Gasteiger partial charge in [-0.05, 0) is 47.6 Å². The Hall–Kier alpha value is -2.37. The van der Waals surface area contributed by atoms with Crippen molar-refractivity contribution in [3.63, 3.8) is 0 Å². The Morgan fingerprint density at radius 1 is 1.04 bits per heavy atom. The topological polar surface area (TPSA) is 61.4 Å². The number of nitrogens with one attached hydrogen (secondary N) is 2. The molecule has 2 aromatic carbocycles. The average molecular weight is 383 g/mol. The highest BCUT2D eigenvalue weighted by molar-refractivity contribution is 7.19. The second kappa shape index (κ2) is 7.33. The van der Waals surface area contributed by atoms with Crippen LogP contribution in [0.3, 0.4) is 0 Å². The number of carbonyl (C=O) groups excluding carboxylic acids is 1. The molecule has 0 saturated heterocycles. The van der Waals surface area contributed by atoms with E-state index < -0.39 is 5.60 Å². The van der Waals surface area contributed by atoms with Gasteiger partial charge in [0.25, 0.3) is 0 Å². The van der Waals surface area contributed by atoms with E-state index in [1.807, 2.05) is 54.6 Å². The molecule has 3 N–H and O–H groups in total. The Labute approximate surface area is 164 Å². The molecule has 4 nitrogen and oxygen atoms in total. The Kier molecular flexibility index (Phi) is 5.27. The van der Waals surface area contributed by atoms with Crippen molar-refractivity contribution in [2.45, 2.75) is 38.7 Å². The molecule has 0 aliphatic rings. The number of thiophene rings is 1. The third kappa shape index (κ3) is 4.67. The molecule has 0 radical (unpaired) electrons. The summed E-state index contributed by atoms with van der Waals surface area (Å²) in [7, 11) is 0. The van der Waals surface area contributed by atoms with E-state index in [-0.39, 0.29) is 18.0 Å². The Balaban J connectivity index is 1.60. The summed E-state index contributed by atoms with van der Waals surface area (Å²) in [4.78, 5) is 13.0. The van der Waals surface area contributed by atoms with Crippen LogP contribution in [0.2, 0.25) is 0 Å². The van der Waals surface area contributed by atoms with Crippen molar-refractivity contribution in [2.24, 2.45) is 0 Å². The van der Waals surface area contributed by atoms with Crippen LogP contribution in [0.4, 0.5) is 10.5 Å². The summed E-state index contributed by atoms with van der Waals surface area (Å²) in [5.74, 6) is 0. The van der Waals surface area contributed by atoms with Crippen molar-refractivity contribution in [1.82, 2.24) is 5.32 Å². The van der Waals surface area contributed by atoms with Crippen LogP contribution in [0.1, 0.15) is 38.1 Å². The third-order valence-corrected chi connectivity index (χ3v) is 5.93. The fourth-order valence-electron chi connectivity index (χ4n) is 2.82.